The van der Waals surface area contributed by atoms with Crippen LogP contribution in [0.3, 0.4) is 0 Å². The lowest BCUT2D eigenvalue weighted by molar-refractivity contribution is 0.552. The van der Waals surface area contributed by atoms with Gasteiger partial charge in [-0.2, -0.15) is 0 Å². The summed E-state index contributed by atoms with van der Waals surface area (Å²) >= 11 is 6.30. The van der Waals surface area contributed by atoms with Crippen LogP contribution in [0.15, 0.2) is 12.3 Å². The van der Waals surface area contributed by atoms with Gasteiger partial charge in [0.1, 0.15) is 5.82 Å². The monoisotopic (exact) mass is 309 g/mol. The SMILES string of the molecule is CCC1CCC(C)N1c1cc(CNCC(C)C)c(Cl)cn1. The van der Waals surface area contributed by atoms with Crippen LogP contribution in [0.2, 0.25) is 5.02 Å². The van der Waals surface area contributed by atoms with Crippen molar-refractivity contribution in [2.75, 3.05) is 11.4 Å². The second-order valence-electron chi connectivity index (χ2n) is 6.55. The molecular formula is C17H28ClN3. The first-order chi connectivity index (χ1) is 10.0. The van der Waals surface area contributed by atoms with Gasteiger partial charge in [0.05, 0.1) is 5.02 Å². The van der Waals surface area contributed by atoms with Gasteiger partial charge in [0, 0.05) is 24.8 Å². The zero-order chi connectivity index (χ0) is 15.4. The molecule has 1 aliphatic heterocycles. The summed E-state index contributed by atoms with van der Waals surface area (Å²) in [6.07, 6.45) is 5.50. The number of aromatic nitrogens is 1. The highest BCUT2D eigenvalue weighted by Crippen LogP contribution is 2.32. The van der Waals surface area contributed by atoms with E-state index in [4.69, 9.17) is 11.6 Å². The van der Waals surface area contributed by atoms with Gasteiger partial charge in [-0.25, -0.2) is 4.98 Å². The number of pyridine rings is 1. The Balaban J connectivity index is 2.13. The highest BCUT2D eigenvalue weighted by Gasteiger charge is 2.30. The van der Waals surface area contributed by atoms with Gasteiger partial charge in [-0.15, -0.1) is 0 Å². The topological polar surface area (TPSA) is 28.2 Å². The fourth-order valence-electron chi connectivity index (χ4n) is 3.13. The van der Waals surface area contributed by atoms with Crippen molar-refractivity contribution in [3.8, 4) is 0 Å². The van der Waals surface area contributed by atoms with Crippen LogP contribution >= 0.6 is 11.6 Å². The van der Waals surface area contributed by atoms with Gasteiger partial charge in [0.2, 0.25) is 0 Å². The molecule has 0 aliphatic carbocycles. The van der Waals surface area contributed by atoms with Crippen molar-refractivity contribution in [2.24, 2.45) is 5.92 Å². The Morgan fingerprint density at radius 3 is 2.86 bits per heavy atom. The summed E-state index contributed by atoms with van der Waals surface area (Å²) in [5.41, 5.74) is 1.15. The third-order valence-corrected chi connectivity index (χ3v) is 4.65. The Kier molecular flexibility index (Phi) is 5.88. The molecule has 0 amide bonds. The molecule has 3 nitrogen and oxygen atoms in total. The molecule has 1 saturated heterocycles. The predicted octanol–water partition coefficient (Wildman–Crippen LogP) is 4.25. The standard InChI is InChI=1S/C17H28ClN3/c1-5-15-7-6-13(4)21(15)17-8-14(16(18)11-20-17)10-19-9-12(2)3/h8,11-13,15,19H,5-7,9-10H2,1-4H3. The molecule has 1 N–H and O–H groups in total. The lowest BCUT2D eigenvalue weighted by Gasteiger charge is -2.29. The van der Waals surface area contributed by atoms with E-state index in [0.29, 0.717) is 18.0 Å². The largest absolute Gasteiger partial charge is 0.351 e. The zero-order valence-corrected chi connectivity index (χ0v) is 14.5. The van der Waals surface area contributed by atoms with E-state index < -0.39 is 0 Å². The zero-order valence-electron chi connectivity index (χ0n) is 13.7. The van der Waals surface area contributed by atoms with Crippen LogP contribution in [0.1, 0.15) is 52.5 Å². The molecule has 2 unspecified atom stereocenters. The molecule has 1 aromatic rings. The Hall–Kier alpha value is -0.800. The number of hydrogen-bond acceptors (Lipinski definition) is 3. The Bertz CT molecular complexity index is 461. The molecule has 1 fully saturated rings. The number of anilines is 1. The minimum absolute atomic E-state index is 0.570. The lowest BCUT2D eigenvalue weighted by atomic mass is 10.1. The second kappa shape index (κ2) is 7.46. The highest BCUT2D eigenvalue weighted by atomic mass is 35.5. The fraction of sp³-hybridized carbons (Fsp3) is 0.706. The Labute approximate surface area is 134 Å². The average Bonchev–Trinajstić information content (AvgIpc) is 2.81. The van der Waals surface area contributed by atoms with E-state index in [0.717, 1.165) is 29.5 Å². The van der Waals surface area contributed by atoms with Gasteiger partial charge < -0.3 is 10.2 Å². The minimum atomic E-state index is 0.570. The molecule has 0 bridgehead atoms. The van der Waals surface area contributed by atoms with Gasteiger partial charge in [0.25, 0.3) is 0 Å². The van der Waals surface area contributed by atoms with Crippen molar-refractivity contribution >= 4 is 17.4 Å². The minimum Gasteiger partial charge on any atom is -0.351 e. The first-order valence-corrected chi connectivity index (χ1v) is 8.54. The maximum absolute atomic E-state index is 6.30. The molecule has 0 spiro atoms. The first-order valence-electron chi connectivity index (χ1n) is 8.16. The van der Waals surface area contributed by atoms with Crippen molar-refractivity contribution in [3.05, 3.63) is 22.8 Å². The van der Waals surface area contributed by atoms with Crippen molar-refractivity contribution in [1.82, 2.24) is 10.3 Å². The number of halogens is 1. The summed E-state index contributed by atoms with van der Waals surface area (Å²) < 4.78 is 0. The van der Waals surface area contributed by atoms with Gasteiger partial charge in [-0.3, -0.25) is 0 Å². The van der Waals surface area contributed by atoms with Crippen LogP contribution in [-0.2, 0) is 6.54 Å². The highest BCUT2D eigenvalue weighted by molar-refractivity contribution is 6.31. The summed E-state index contributed by atoms with van der Waals surface area (Å²) in [5, 5.41) is 4.22. The third-order valence-electron chi connectivity index (χ3n) is 4.31. The third kappa shape index (κ3) is 4.10. The summed E-state index contributed by atoms with van der Waals surface area (Å²) in [4.78, 5) is 7.05. The van der Waals surface area contributed by atoms with Gasteiger partial charge in [-0.05, 0) is 50.3 Å². The second-order valence-corrected chi connectivity index (χ2v) is 6.96. The van der Waals surface area contributed by atoms with E-state index in [1.807, 2.05) is 0 Å². The summed E-state index contributed by atoms with van der Waals surface area (Å²) in [7, 11) is 0. The molecule has 21 heavy (non-hydrogen) atoms. The smallest absolute Gasteiger partial charge is 0.129 e. The Morgan fingerprint density at radius 2 is 2.19 bits per heavy atom. The van der Waals surface area contributed by atoms with Gasteiger partial charge in [-0.1, -0.05) is 32.4 Å². The van der Waals surface area contributed by atoms with Crippen LogP contribution < -0.4 is 10.2 Å². The van der Waals surface area contributed by atoms with Crippen molar-refractivity contribution in [1.29, 1.82) is 0 Å². The van der Waals surface area contributed by atoms with Gasteiger partial charge >= 0.3 is 0 Å². The quantitative estimate of drug-likeness (QED) is 0.851. The molecule has 2 heterocycles. The predicted molar refractivity (Wildman–Crippen MR) is 91.0 cm³/mol. The van der Waals surface area contributed by atoms with Crippen molar-refractivity contribution in [2.45, 2.75) is 65.6 Å². The van der Waals surface area contributed by atoms with E-state index >= 15 is 0 Å². The Morgan fingerprint density at radius 1 is 1.43 bits per heavy atom. The number of hydrogen-bond donors (Lipinski definition) is 1. The molecule has 0 aromatic carbocycles. The average molecular weight is 310 g/mol. The lowest BCUT2D eigenvalue weighted by Crippen LogP contribution is -2.35. The molecule has 0 saturated carbocycles. The molecule has 1 aromatic heterocycles. The number of nitrogens with one attached hydrogen (secondary N) is 1. The van der Waals surface area contributed by atoms with Crippen LogP contribution in [0, 0.1) is 5.92 Å². The maximum Gasteiger partial charge on any atom is 0.129 e. The molecular weight excluding hydrogens is 282 g/mol. The van der Waals surface area contributed by atoms with Gasteiger partial charge in [0.15, 0.2) is 0 Å². The van der Waals surface area contributed by atoms with Crippen LogP contribution in [-0.4, -0.2) is 23.6 Å². The van der Waals surface area contributed by atoms with E-state index in [-0.39, 0.29) is 0 Å². The maximum atomic E-state index is 6.30. The van der Waals surface area contributed by atoms with E-state index in [1.54, 1.807) is 6.20 Å². The first kappa shape index (κ1) is 16.6. The van der Waals surface area contributed by atoms with E-state index in [2.05, 4.69) is 49.0 Å². The summed E-state index contributed by atoms with van der Waals surface area (Å²) in [6, 6.07) is 3.35. The van der Waals surface area contributed by atoms with Crippen molar-refractivity contribution in [3.63, 3.8) is 0 Å². The van der Waals surface area contributed by atoms with E-state index in [1.165, 1.54) is 19.3 Å². The van der Waals surface area contributed by atoms with Crippen LogP contribution in [0.25, 0.3) is 0 Å². The molecule has 0 radical (unpaired) electrons. The van der Waals surface area contributed by atoms with E-state index in [9.17, 15) is 0 Å². The fourth-order valence-corrected chi connectivity index (χ4v) is 3.30. The number of nitrogens with zero attached hydrogens (tertiary/aromatic N) is 2. The van der Waals surface area contributed by atoms with Crippen molar-refractivity contribution < 1.29 is 0 Å². The molecule has 2 atom stereocenters. The number of rotatable bonds is 6. The normalized spacial score (nSPS) is 22.3. The molecule has 118 valence electrons. The molecule has 4 heteroatoms. The summed E-state index contributed by atoms with van der Waals surface area (Å²) in [5.74, 6) is 1.73. The summed E-state index contributed by atoms with van der Waals surface area (Å²) in [6.45, 7) is 10.8. The van der Waals surface area contributed by atoms with Crippen LogP contribution in [0.5, 0.6) is 0 Å². The molecule has 1 aliphatic rings. The van der Waals surface area contributed by atoms with Crippen LogP contribution in [0.4, 0.5) is 5.82 Å². The molecule has 2 rings (SSSR count).